The lowest BCUT2D eigenvalue weighted by molar-refractivity contribution is 0.177. The maximum Gasteiger partial charge on any atom is 0.0529 e. The molecule has 0 spiro atoms. The Bertz CT molecular complexity index is 472. The molecular formula is C19H30N2. The van der Waals surface area contributed by atoms with Crippen LogP contribution in [0.1, 0.15) is 51.5 Å². The molecule has 1 heterocycles. The zero-order valence-electron chi connectivity index (χ0n) is 13.6. The van der Waals surface area contributed by atoms with Crippen molar-refractivity contribution in [1.29, 1.82) is 0 Å². The Labute approximate surface area is 129 Å². The molecule has 116 valence electrons. The summed E-state index contributed by atoms with van der Waals surface area (Å²) in [5.74, 6) is 1.57. The number of anilines is 1. The van der Waals surface area contributed by atoms with Gasteiger partial charge in [-0.05, 0) is 62.0 Å². The van der Waals surface area contributed by atoms with E-state index in [1.54, 1.807) is 0 Å². The lowest BCUT2D eigenvalue weighted by Crippen LogP contribution is -2.58. The van der Waals surface area contributed by atoms with Crippen LogP contribution in [0, 0.1) is 11.8 Å². The number of rotatable bonds is 2. The number of hydrogen-bond donors (Lipinski definition) is 1. The number of nitrogens with zero attached hydrogens (tertiary/aromatic N) is 1. The molecule has 0 aromatic heterocycles. The number of fused-ring (bicyclic) bond motifs is 1. The predicted molar refractivity (Wildman–Crippen MR) is 90.7 cm³/mol. The molecule has 21 heavy (non-hydrogen) atoms. The zero-order valence-corrected chi connectivity index (χ0v) is 13.6. The van der Waals surface area contributed by atoms with Crippen LogP contribution in [-0.4, -0.2) is 18.6 Å². The largest absolute Gasteiger partial charge is 0.364 e. The average molecular weight is 286 g/mol. The van der Waals surface area contributed by atoms with Crippen LogP contribution in [0.2, 0.25) is 0 Å². The van der Waals surface area contributed by atoms with Gasteiger partial charge in [-0.25, -0.2) is 0 Å². The highest BCUT2D eigenvalue weighted by molar-refractivity contribution is 5.57. The Kier molecular flexibility index (Phi) is 4.26. The first-order chi connectivity index (χ1) is 10.1. The summed E-state index contributed by atoms with van der Waals surface area (Å²) < 4.78 is 0. The second-order valence-corrected chi connectivity index (χ2v) is 7.52. The van der Waals surface area contributed by atoms with E-state index in [2.05, 4.69) is 43.0 Å². The summed E-state index contributed by atoms with van der Waals surface area (Å²) in [6, 6.07) is 9.01. The first kappa shape index (κ1) is 14.9. The molecule has 0 amide bonds. The normalized spacial score (nSPS) is 33.4. The molecule has 2 unspecified atom stereocenters. The highest BCUT2D eigenvalue weighted by atomic mass is 15.2. The quantitative estimate of drug-likeness (QED) is 0.891. The molecule has 1 aliphatic heterocycles. The van der Waals surface area contributed by atoms with Gasteiger partial charge in [0, 0.05) is 18.8 Å². The molecule has 1 aromatic rings. The lowest BCUT2D eigenvalue weighted by atomic mass is 9.70. The molecule has 2 N–H and O–H groups in total. The molecule has 3 rings (SSSR count). The van der Waals surface area contributed by atoms with Gasteiger partial charge in [-0.3, -0.25) is 0 Å². The van der Waals surface area contributed by atoms with Crippen molar-refractivity contribution in [3.63, 3.8) is 0 Å². The zero-order chi connectivity index (χ0) is 14.9. The average Bonchev–Trinajstić information content (AvgIpc) is 2.68. The van der Waals surface area contributed by atoms with Gasteiger partial charge in [0.2, 0.25) is 0 Å². The molecule has 2 nitrogen and oxygen atoms in total. The second-order valence-electron chi connectivity index (χ2n) is 7.52. The van der Waals surface area contributed by atoms with Gasteiger partial charge in [-0.15, -0.1) is 0 Å². The first-order valence-corrected chi connectivity index (χ1v) is 8.70. The molecule has 2 heteroatoms. The van der Waals surface area contributed by atoms with E-state index in [9.17, 15) is 0 Å². The Balaban J connectivity index is 2.00. The van der Waals surface area contributed by atoms with Crippen molar-refractivity contribution < 1.29 is 0 Å². The summed E-state index contributed by atoms with van der Waals surface area (Å²) in [7, 11) is 0. The fourth-order valence-corrected chi connectivity index (χ4v) is 4.92. The van der Waals surface area contributed by atoms with E-state index in [0.29, 0.717) is 0 Å². The number of nitrogens with two attached hydrogens (primary N) is 1. The molecule has 1 aromatic carbocycles. The molecule has 2 atom stereocenters. The minimum atomic E-state index is 0.178. The van der Waals surface area contributed by atoms with Gasteiger partial charge in [0.15, 0.2) is 0 Å². The van der Waals surface area contributed by atoms with Crippen molar-refractivity contribution in [3.8, 4) is 0 Å². The monoisotopic (exact) mass is 286 g/mol. The van der Waals surface area contributed by atoms with E-state index in [-0.39, 0.29) is 5.54 Å². The fourth-order valence-electron chi connectivity index (χ4n) is 4.92. The minimum absolute atomic E-state index is 0.178. The van der Waals surface area contributed by atoms with E-state index < -0.39 is 0 Å². The number of benzene rings is 1. The van der Waals surface area contributed by atoms with Gasteiger partial charge in [-0.2, -0.15) is 0 Å². The molecule has 1 fully saturated rings. The van der Waals surface area contributed by atoms with Crippen LogP contribution >= 0.6 is 0 Å². The van der Waals surface area contributed by atoms with Gasteiger partial charge in [0.1, 0.15) is 0 Å². The van der Waals surface area contributed by atoms with Crippen LogP contribution in [-0.2, 0) is 6.42 Å². The highest BCUT2D eigenvalue weighted by Crippen LogP contribution is 2.43. The molecule has 0 bridgehead atoms. The molecule has 0 radical (unpaired) electrons. The van der Waals surface area contributed by atoms with E-state index in [1.165, 1.54) is 56.3 Å². The summed E-state index contributed by atoms with van der Waals surface area (Å²) in [5, 5.41) is 0. The van der Waals surface area contributed by atoms with Gasteiger partial charge >= 0.3 is 0 Å². The van der Waals surface area contributed by atoms with Crippen molar-refractivity contribution >= 4 is 5.69 Å². The van der Waals surface area contributed by atoms with E-state index in [0.717, 1.165) is 18.4 Å². The maximum atomic E-state index is 6.36. The van der Waals surface area contributed by atoms with Crippen LogP contribution in [0.5, 0.6) is 0 Å². The van der Waals surface area contributed by atoms with Crippen molar-refractivity contribution in [2.75, 3.05) is 18.0 Å². The Morgan fingerprint density at radius 1 is 1.14 bits per heavy atom. The van der Waals surface area contributed by atoms with E-state index >= 15 is 0 Å². The van der Waals surface area contributed by atoms with Gasteiger partial charge in [0.25, 0.3) is 0 Å². The second kappa shape index (κ2) is 6.00. The Morgan fingerprint density at radius 3 is 2.57 bits per heavy atom. The summed E-state index contributed by atoms with van der Waals surface area (Å²) >= 11 is 0. The summed E-state index contributed by atoms with van der Waals surface area (Å²) in [4.78, 5) is 2.70. The van der Waals surface area contributed by atoms with Gasteiger partial charge in [-0.1, -0.05) is 32.0 Å². The minimum Gasteiger partial charge on any atom is -0.364 e. The first-order valence-electron chi connectivity index (χ1n) is 8.70. The smallest absolute Gasteiger partial charge is 0.0529 e. The SMILES string of the molecule is CC1CC(C)CC(CN)(N2CCCCc3ccccc32)C1. The van der Waals surface area contributed by atoms with Gasteiger partial charge in [0.05, 0.1) is 5.54 Å². The van der Waals surface area contributed by atoms with Crippen LogP contribution in [0.15, 0.2) is 24.3 Å². The highest BCUT2D eigenvalue weighted by Gasteiger charge is 2.42. The summed E-state index contributed by atoms with van der Waals surface area (Å²) in [6.45, 7) is 6.78. The molecule has 1 aliphatic carbocycles. The third kappa shape index (κ3) is 2.83. The molecule has 0 saturated heterocycles. The lowest BCUT2D eigenvalue weighted by Gasteiger charge is -2.51. The third-order valence-electron chi connectivity index (χ3n) is 5.57. The standard InChI is InChI=1S/C19H30N2/c1-15-11-16(2)13-19(12-15,14-20)21-10-6-5-8-17-7-3-4-9-18(17)21/h3-4,7,9,15-16H,5-6,8,10-14,20H2,1-2H3. The Morgan fingerprint density at radius 2 is 1.86 bits per heavy atom. The van der Waals surface area contributed by atoms with Crippen LogP contribution < -0.4 is 10.6 Å². The maximum absolute atomic E-state index is 6.36. The van der Waals surface area contributed by atoms with Crippen molar-refractivity contribution in [3.05, 3.63) is 29.8 Å². The van der Waals surface area contributed by atoms with Crippen LogP contribution in [0.3, 0.4) is 0 Å². The number of hydrogen-bond acceptors (Lipinski definition) is 2. The van der Waals surface area contributed by atoms with E-state index in [1.807, 2.05) is 0 Å². The molecule has 2 aliphatic rings. The van der Waals surface area contributed by atoms with Crippen molar-refractivity contribution in [2.45, 2.75) is 57.9 Å². The fraction of sp³-hybridized carbons (Fsp3) is 0.684. The third-order valence-corrected chi connectivity index (χ3v) is 5.57. The summed E-state index contributed by atoms with van der Waals surface area (Å²) in [5.41, 5.74) is 9.52. The number of para-hydroxylation sites is 1. The van der Waals surface area contributed by atoms with E-state index in [4.69, 9.17) is 5.73 Å². The van der Waals surface area contributed by atoms with Crippen LogP contribution in [0.25, 0.3) is 0 Å². The molecular weight excluding hydrogens is 256 g/mol. The van der Waals surface area contributed by atoms with Crippen molar-refractivity contribution in [2.24, 2.45) is 17.6 Å². The predicted octanol–water partition coefficient (Wildman–Crippen LogP) is 3.98. The topological polar surface area (TPSA) is 29.3 Å². The molecule has 1 saturated carbocycles. The van der Waals surface area contributed by atoms with Crippen molar-refractivity contribution in [1.82, 2.24) is 0 Å². The van der Waals surface area contributed by atoms with Crippen LogP contribution in [0.4, 0.5) is 5.69 Å². The van der Waals surface area contributed by atoms with Gasteiger partial charge < -0.3 is 10.6 Å². The summed E-state index contributed by atoms with van der Waals surface area (Å²) in [6.07, 6.45) is 7.68. The Hall–Kier alpha value is -1.02. The number of aryl methyl sites for hydroxylation is 1.